The standard InChI is InChI=1S/C21H24FN5O2/c1-13-9-27(18-6-5-14(8-23)20-15(18)4-3-7-24-20)12-19(29-13)21(28)25-17-11-26(2)10-16(17)22/h3-7,13,16-17,19H,9-12H2,1-2H3,(H,25,28)/t13-,16-,17+,19-/m1/s1. The van der Waals surface area contributed by atoms with Gasteiger partial charge in [-0.3, -0.25) is 9.78 Å². The number of likely N-dealkylation sites (N-methyl/N-ethyl adjacent to an activating group) is 1. The highest BCUT2D eigenvalue weighted by molar-refractivity contribution is 5.95. The maximum absolute atomic E-state index is 14.1. The van der Waals surface area contributed by atoms with Crippen molar-refractivity contribution in [3.05, 3.63) is 36.0 Å². The highest BCUT2D eigenvalue weighted by Crippen LogP contribution is 2.30. The first kappa shape index (κ1) is 19.6. The molecular weight excluding hydrogens is 373 g/mol. The first-order chi connectivity index (χ1) is 14.0. The highest BCUT2D eigenvalue weighted by atomic mass is 19.1. The zero-order valence-electron chi connectivity index (χ0n) is 16.5. The molecule has 2 saturated heterocycles. The predicted octanol–water partition coefficient (Wildman–Crippen LogP) is 1.47. The van der Waals surface area contributed by atoms with E-state index in [9.17, 15) is 14.4 Å². The van der Waals surface area contributed by atoms with Crippen molar-refractivity contribution in [2.24, 2.45) is 0 Å². The van der Waals surface area contributed by atoms with Gasteiger partial charge < -0.3 is 19.9 Å². The molecule has 7 nitrogen and oxygen atoms in total. The maximum Gasteiger partial charge on any atom is 0.251 e. The number of hydrogen-bond donors (Lipinski definition) is 1. The lowest BCUT2D eigenvalue weighted by Gasteiger charge is -2.38. The Balaban J connectivity index is 1.56. The molecule has 4 rings (SSSR count). The number of fused-ring (bicyclic) bond motifs is 1. The number of halogens is 1. The summed E-state index contributed by atoms with van der Waals surface area (Å²) in [5.41, 5.74) is 2.06. The van der Waals surface area contributed by atoms with E-state index in [1.807, 2.05) is 37.1 Å². The first-order valence-corrected chi connectivity index (χ1v) is 9.77. The number of morpholine rings is 1. The number of hydrogen-bond acceptors (Lipinski definition) is 6. The number of carbonyl (C=O) groups excluding carboxylic acids is 1. The van der Waals surface area contributed by atoms with Crippen LogP contribution in [0.1, 0.15) is 12.5 Å². The van der Waals surface area contributed by atoms with Crippen molar-refractivity contribution in [3.8, 4) is 6.07 Å². The Kier molecular flexibility index (Phi) is 5.35. The van der Waals surface area contributed by atoms with E-state index in [0.717, 1.165) is 11.1 Å². The van der Waals surface area contributed by atoms with Crippen molar-refractivity contribution in [1.29, 1.82) is 5.26 Å². The number of nitrogens with one attached hydrogen (secondary N) is 1. The van der Waals surface area contributed by atoms with Gasteiger partial charge in [-0.1, -0.05) is 0 Å². The number of ether oxygens (including phenoxy) is 1. The average Bonchev–Trinajstić information content (AvgIpc) is 3.03. The van der Waals surface area contributed by atoms with Gasteiger partial charge in [-0.2, -0.15) is 5.26 Å². The Morgan fingerprint density at radius 1 is 1.31 bits per heavy atom. The predicted molar refractivity (Wildman–Crippen MR) is 107 cm³/mol. The average molecular weight is 397 g/mol. The van der Waals surface area contributed by atoms with E-state index in [4.69, 9.17) is 4.74 Å². The molecule has 2 aromatic rings. The summed E-state index contributed by atoms with van der Waals surface area (Å²) in [5.74, 6) is -0.291. The normalized spacial score (nSPS) is 27.7. The van der Waals surface area contributed by atoms with Gasteiger partial charge in [0.15, 0.2) is 6.10 Å². The number of alkyl halides is 1. The second kappa shape index (κ2) is 7.93. The number of benzene rings is 1. The van der Waals surface area contributed by atoms with E-state index in [2.05, 4.69) is 21.3 Å². The summed E-state index contributed by atoms with van der Waals surface area (Å²) in [6.45, 7) is 3.69. The number of pyridine rings is 1. The minimum Gasteiger partial charge on any atom is -0.365 e. The first-order valence-electron chi connectivity index (χ1n) is 9.77. The fourth-order valence-corrected chi connectivity index (χ4v) is 4.18. The van der Waals surface area contributed by atoms with E-state index < -0.39 is 18.3 Å². The van der Waals surface area contributed by atoms with Crippen molar-refractivity contribution in [2.75, 3.05) is 38.1 Å². The molecule has 0 spiro atoms. The van der Waals surface area contributed by atoms with Crippen LogP contribution in [0, 0.1) is 11.3 Å². The Morgan fingerprint density at radius 3 is 2.86 bits per heavy atom. The van der Waals surface area contributed by atoms with Gasteiger partial charge >= 0.3 is 0 Å². The quantitative estimate of drug-likeness (QED) is 0.845. The molecule has 152 valence electrons. The molecule has 0 unspecified atom stereocenters. The summed E-state index contributed by atoms with van der Waals surface area (Å²) in [4.78, 5) is 21.1. The second-order valence-electron chi connectivity index (χ2n) is 7.84. The summed E-state index contributed by atoms with van der Waals surface area (Å²) in [6, 6.07) is 9.06. The van der Waals surface area contributed by atoms with Crippen LogP contribution in [0.4, 0.5) is 10.1 Å². The van der Waals surface area contributed by atoms with Gasteiger partial charge in [-0.25, -0.2) is 4.39 Å². The smallest absolute Gasteiger partial charge is 0.251 e. The van der Waals surface area contributed by atoms with Gasteiger partial charge in [0.25, 0.3) is 5.91 Å². The van der Waals surface area contributed by atoms with Crippen LogP contribution in [0.3, 0.4) is 0 Å². The van der Waals surface area contributed by atoms with Crippen LogP contribution < -0.4 is 10.2 Å². The molecule has 4 atom stereocenters. The number of likely N-dealkylation sites (tertiary alicyclic amines) is 1. The van der Waals surface area contributed by atoms with Gasteiger partial charge in [0.1, 0.15) is 12.2 Å². The third kappa shape index (κ3) is 3.88. The number of rotatable bonds is 3. The van der Waals surface area contributed by atoms with Crippen LogP contribution in [0.2, 0.25) is 0 Å². The van der Waals surface area contributed by atoms with E-state index in [0.29, 0.717) is 37.3 Å². The number of nitrogens with zero attached hydrogens (tertiary/aromatic N) is 4. The molecular formula is C21H24FN5O2. The third-order valence-electron chi connectivity index (χ3n) is 5.52. The molecule has 0 aliphatic carbocycles. The largest absolute Gasteiger partial charge is 0.365 e. The van der Waals surface area contributed by atoms with E-state index >= 15 is 0 Å². The van der Waals surface area contributed by atoms with Crippen molar-refractivity contribution in [2.45, 2.75) is 31.3 Å². The van der Waals surface area contributed by atoms with Crippen LogP contribution in [0.5, 0.6) is 0 Å². The summed E-state index contributed by atoms with van der Waals surface area (Å²) in [6.07, 6.45) is -0.278. The molecule has 2 fully saturated rings. The van der Waals surface area contributed by atoms with Crippen molar-refractivity contribution >= 4 is 22.5 Å². The van der Waals surface area contributed by atoms with Crippen LogP contribution in [-0.4, -0.2) is 73.4 Å². The summed E-state index contributed by atoms with van der Waals surface area (Å²) >= 11 is 0. The third-order valence-corrected chi connectivity index (χ3v) is 5.52. The Labute approximate surface area is 169 Å². The molecule has 8 heteroatoms. The molecule has 0 radical (unpaired) electrons. The van der Waals surface area contributed by atoms with Gasteiger partial charge in [-0.05, 0) is 38.2 Å². The number of amides is 1. The van der Waals surface area contributed by atoms with Crippen LogP contribution in [0.15, 0.2) is 30.5 Å². The van der Waals surface area contributed by atoms with E-state index in [1.165, 1.54) is 0 Å². The van der Waals surface area contributed by atoms with Gasteiger partial charge in [0.2, 0.25) is 0 Å². The highest BCUT2D eigenvalue weighted by Gasteiger charge is 2.36. The molecule has 2 aliphatic rings. The van der Waals surface area contributed by atoms with Crippen molar-refractivity contribution in [1.82, 2.24) is 15.2 Å². The van der Waals surface area contributed by atoms with Crippen molar-refractivity contribution in [3.63, 3.8) is 0 Å². The molecule has 1 aromatic carbocycles. The number of nitriles is 1. The summed E-state index contributed by atoms with van der Waals surface area (Å²) in [5, 5.41) is 13.0. The van der Waals surface area contributed by atoms with Gasteiger partial charge in [0, 0.05) is 36.9 Å². The van der Waals surface area contributed by atoms with Crippen LogP contribution >= 0.6 is 0 Å². The lowest BCUT2D eigenvalue weighted by atomic mass is 10.1. The summed E-state index contributed by atoms with van der Waals surface area (Å²) < 4.78 is 20.0. The Morgan fingerprint density at radius 2 is 2.14 bits per heavy atom. The van der Waals surface area contributed by atoms with Crippen LogP contribution in [0.25, 0.3) is 10.9 Å². The maximum atomic E-state index is 14.1. The zero-order chi connectivity index (χ0) is 20.5. The lowest BCUT2D eigenvalue weighted by molar-refractivity contribution is -0.138. The molecule has 1 N–H and O–H groups in total. The molecule has 1 amide bonds. The minimum atomic E-state index is -1.07. The second-order valence-corrected chi connectivity index (χ2v) is 7.84. The van der Waals surface area contributed by atoms with Gasteiger partial charge in [0.05, 0.1) is 29.8 Å². The zero-order valence-corrected chi connectivity index (χ0v) is 16.5. The van der Waals surface area contributed by atoms with E-state index in [1.54, 1.807) is 12.3 Å². The van der Waals surface area contributed by atoms with Crippen molar-refractivity contribution < 1.29 is 13.9 Å². The number of anilines is 1. The van der Waals surface area contributed by atoms with Gasteiger partial charge in [-0.15, -0.1) is 0 Å². The molecule has 3 heterocycles. The topological polar surface area (TPSA) is 81.5 Å². The molecule has 0 saturated carbocycles. The fraction of sp³-hybridized carbons (Fsp3) is 0.476. The molecule has 2 aliphatic heterocycles. The molecule has 1 aromatic heterocycles. The molecule has 29 heavy (non-hydrogen) atoms. The minimum absolute atomic E-state index is 0.172. The number of aromatic nitrogens is 1. The lowest BCUT2D eigenvalue weighted by Crippen LogP contribution is -2.55. The fourth-order valence-electron chi connectivity index (χ4n) is 4.18. The number of carbonyl (C=O) groups is 1. The summed E-state index contributed by atoms with van der Waals surface area (Å²) in [7, 11) is 1.84. The Bertz CT molecular complexity index is 962. The SMILES string of the molecule is C[C@@H]1CN(c2ccc(C#N)c3ncccc23)C[C@H](C(=O)N[C@H]2CN(C)C[C@H]2F)O1. The molecule has 0 bridgehead atoms. The van der Waals surface area contributed by atoms with E-state index in [-0.39, 0.29) is 12.0 Å². The monoisotopic (exact) mass is 397 g/mol. The van der Waals surface area contributed by atoms with Crippen LogP contribution in [-0.2, 0) is 9.53 Å². The Hall–Kier alpha value is -2.76.